The van der Waals surface area contributed by atoms with Crippen LogP contribution in [-0.2, 0) is 9.59 Å². The third kappa shape index (κ3) is 3.32. The van der Waals surface area contributed by atoms with Crippen molar-refractivity contribution in [3.63, 3.8) is 0 Å². The van der Waals surface area contributed by atoms with Crippen molar-refractivity contribution in [1.82, 2.24) is 0 Å². The molecule has 2 aromatic carbocycles. The molecule has 4 nitrogen and oxygen atoms in total. The molecule has 2 N–H and O–H groups in total. The Kier molecular flexibility index (Phi) is 4.14. The number of carbonyl (C=O) groups excluding carboxylic acids is 2. The number of anilines is 1. The minimum absolute atomic E-state index is 0.0457. The molecule has 0 heterocycles. The molecule has 0 aliphatic heterocycles. The fourth-order valence-electron chi connectivity index (χ4n) is 3.21. The lowest BCUT2D eigenvalue weighted by Gasteiger charge is -2.29. The second-order valence-electron chi connectivity index (χ2n) is 7.12. The zero-order valence-electron chi connectivity index (χ0n) is 13.9. The van der Waals surface area contributed by atoms with E-state index in [4.69, 9.17) is 0 Å². The van der Waals surface area contributed by atoms with Crippen LogP contribution in [0.1, 0.15) is 33.1 Å². The molecule has 0 aromatic heterocycles. The first-order valence-corrected chi connectivity index (χ1v) is 8.07. The van der Waals surface area contributed by atoms with E-state index in [1.807, 2.05) is 56.3 Å². The Hall–Kier alpha value is -2.62. The number of carbonyl (C=O) groups is 2. The van der Waals surface area contributed by atoms with Crippen molar-refractivity contribution in [2.75, 3.05) is 5.32 Å². The molecule has 0 saturated heterocycles. The van der Waals surface area contributed by atoms with Crippen LogP contribution < -0.4 is 5.32 Å². The Balaban J connectivity index is 1.80. The number of rotatable bonds is 3. The molecule has 0 spiro atoms. The number of amides is 1. The predicted octanol–water partition coefficient (Wildman–Crippen LogP) is 4.37. The van der Waals surface area contributed by atoms with Crippen molar-refractivity contribution < 1.29 is 14.7 Å². The molecule has 0 fully saturated rings. The quantitative estimate of drug-likeness (QED) is 0.881. The summed E-state index contributed by atoms with van der Waals surface area (Å²) >= 11 is 0. The Labute approximate surface area is 141 Å². The van der Waals surface area contributed by atoms with Gasteiger partial charge >= 0.3 is 0 Å². The third-order valence-corrected chi connectivity index (χ3v) is 4.37. The SMILES string of the molecule is CC1(C)CC(=O)C(CC(=O)Nc2cccc3ccccc23)=C(O)C1. The van der Waals surface area contributed by atoms with Gasteiger partial charge in [0.2, 0.25) is 5.91 Å². The Morgan fingerprint density at radius 2 is 1.83 bits per heavy atom. The molecule has 1 amide bonds. The molecule has 4 heteroatoms. The van der Waals surface area contributed by atoms with Gasteiger partial charge in [0.15, 0.2) is 5.78 Å². The van der Waals surface area contributed by atoms with E-state index in [0.29, 0.717) is 18.5 Å². The summed E-state index contributed by atoms with van der Waals surface area (Å²) in [5.74, 6) is -0.387. The van der Waals surface area contributed by atoms with E-state index in [1.165, 1.54) is 0 Å². The highest BCUT2D eigenvalue weighted by molar-refractivity contribution is 6.07. The predicted molar refractivity (Wildman–Crippen MR) is 94.9 cm³/mol. The topological polar surface area (TPSA) is 66.4 Å². The fraction of sp³-hybridized carbons (Fsp3) is 0.300. The van der Waals surface area contributed by atoms with Gasteiger partial charge in [-0.05, 0) is 16.9 Å². The van der Waals surface area contributed by atoms with Crippen molar-refractivity contribution in [3.05, 3.63) is 53.8 Å². The number of benzene rings is 2. The van der Waals surface area contributed by atoms with E-state index in [0.717, 1.165) is 10.8 Å². The van der Waals surface area contributed by atoms with Gasteiger partial charge in [0.1, 0.15) is 5.76 Å². The number of Topliss-reactive ketones (excluding diaryl/α,β-unsaturated/α-hetero) is 1. The number of fused-ring (bicyclic) bond motifs is 1. The van der Waals surface area contributed by atoms with Crippen LogP contribution in [0.4, 0.5) is 5.69 Å². The lowest BCUT2D eigenvalue weighted by Crippen LogP contribution is -2.28. The van der Waals surface area contributed by atoms with Crippen LogP contribution in [0.15, 0.2) is 53.8 Å². The number of ketones is 1. The maximum atomic E-state index is 12.4. The van der Waals surface area contributed by atoms with Crippen LogP contribution in [-0.4, -0.2) is 16.8 Å². The first kappa shape index (κ1) is 16.2. The molecule has 3 rings (SSSR count). The summed E-state index contributed by atoms with van der Waals surface area (Å²) in [6.45, 7) is 3.88. The maximum absolute atomic E-state index is 12.4. The fourth-order valence-corrected chi connectivity index (χ4v) is 3.21. The lowest BCUT2D eigenvalue weighted by molar-refractivity contribution is -0.121. The van der Waals surface area contributed by atoms with Gasteiger partial charge < -0.3 is 10.4 Å². The number of hydrogen-bond acceptors (Lipinski definition) is 3. The summed E-state index contributed by atoms with van der Waals surface area (Å²) in [5.41, 5.74) is 0.699. The number of allylic oxidation sites excluding steroid dienone is 1. The van der Waals surface area contributed by atoms with Gasteiger partial charge in [0.25, 0.3) is 0 Å². The minimum Gasteiger partial charge on any atom is -0.512 e. The standard InChI is InChI=1S/C20H21NO3/c1-20(2)11-17(22)15(18(23)12-20)10-19(24)21-16-9-5-7-13-6-3-4-8-14(13)16/h3-9,22H,10-12H2,1-2H3,(H,21,24). The van der Waals surface area contributed by atoms with Crippen LogP contribution >= 0.6 is 0 Å². The third-order valence-electron chi connectivity index (χ3n) is 4.37. The van der Waals surface area contributed by atoms with Crippen molar-refractivity contribution in [2.24, 2.45) is 5.41 Å². The van der Waals surface area contributed by atoms with Crippen molar-refractivity contribution in [3.8, 4) is 0 Å². The molecule has 1 aliphatic rings. The van der Waals surface area contributed by atoms with Crippen LogP contribution in [0.3, 0.4) is 0 Å². The van der Waals surface area contributed by atoms with Crippen molar-refractivity contribution >= 4 is 28.2 Å². The Morgan fingerprint density at radius 1 is 1.12 bits per heavy atom. The number of aliphatic hydroxyl groups is 1. The molecule has 1 aliphatic carbocycles. The van der Waals surface area contributed by atoms with Gasteiger partial charge in [-0.15, -0.1) is 0 Å². The van der Waals surface area contributed by atoms with Crippen LogP contribution in [0.25, 0.3) is 10.8 Å². The average Bonchev–Trinajstić information content (AvgIpc) is 2.50. The van der Waals surface area contributed by atoms with Crippen LogP contribution in [0.2, 0.25) is 0 Å². The van der Waals surface area contributed by atoms with Gasteiger partial charge in [-0.25, -0.2) is 0 Å². The summed E-state index contributed by atoms with van der Waals surface area (Å²) in [7, 11) is 0. The van der Waals surface area contributed by atoms with E-state index in [1.54, 1.807) is 0 Å². The summed E-state index contributed by atoms with van der Waals surface area (Å²) < 4.78 is 0. The summed E-state index contributed by atoms with van der Waals surface area (Å²) in [6.07, 6.45) is 0.688. The zero-order chi connectivity index (χ0) is 17.3. The molecule has 24 heavy (non-hydrogen) atoms. The highest BCUT2D eigenvalue weighted by Crippen LogP contribution is 2.36. The van der Waals surface area contributed by atoms with Gasteiger partial charge in [0, 0.05) is 29.5 Å². The zero-order valence-corrected chi connectivity index (χ0v) is 13.9. The van der Waals surface area contributed by atoms with E-state index in [9.17, 15) is 14.7 Å². The van der Waals surface area contributed by atoms with Crippen molar-refractivity contribution in [1.29, 1.82) is 0 Å². The van der Waals surface area contributed by atoms with E-state index < -0.39 is 0 Å². The van der Waals surface area contributed by atoms with E-state index in [-0.39, 0.29) is 34.9 Å². The van der Waals surface area contributed by atoms with Gasteiger partial charge in [-0.3, -0.25) is 9.59 Å². The minimum atomic E-state index is -0.291. The summed E-state index contributed by atoms with van der Waals surface area (Å²) in [5, 5.41) is 15.0. The molecule has 0 radical (unpaired) electrons. The highest BCUT2D eigenvalue weighted by Gasteiger charge is 2.33. The Bertz CT molecular complexity index is 844. The maximum Gasteiger partial charge on any atom is 0.229 e. The van der Waals surface area contributed by atoms with Gasteiger partial charge in [-0.2, -0.15) is 0 Å². The molecular weight excluding hydrogens is 302 g/mol. The summed E-state index contributed by atoms with van der Waals surface area (Å²) in [6, 6.07) is 13.5. The monoisotopic (exact) mass is 323 g/mol. The highest BCUT2D eigenvalue weighted by atomic mass is 16.3. The normalized spacial score (nSPS) is 17.2. The van der Waals surface area contributed by atoms with Crippen LogP contribution in [0.5, 0.6) is 0 Å². The molecule has 0 saturated carbocycles. The first-order valence-electron chi connectivity index (χ1n) is 8.07. The van der Waals surface area contributed by atoms with Crippen molar-refractivity contribution in [2.45, 2.75) is 33.1 Å². The Morgan fingerprint density at radius 3 is 2.58 bits per heavy atom. The summed E-state index contributed by atoms with van der Waals surface area (Å²) in [4.78, 5) is 24.6. The van der Waals surface area contributed by atoms with Gasteiger partial charge in [0.05, 0.1) is 6.42 Å². The molecular formula is C20H21NO3. The first-order chi connectivity index (χ1) is 11.4. The second-order valence-corrected chi connectivity index (χ2v) is 7.12. The van der Waals surface area contributed by atoms with Crippen LogP contribution in [0, 0.1) is 5.41 Å². The smallest absolute Gasteiger partial charge is 0.229 e. The van der Waals surface area contributed by atoms with E-state index in [2.05, 4.69) is 5.32 Å². The number of aliphatic hydroxyl groups excluding tert-OH is 1. The molecule has 0 bridgehead atoms. The van der Waals surface area contributed by atoms with E-state index >= 15 is 0 Å². The second kappa shape index (κ2) is 6.11. The molecule has 0 atom stereocenters. The molecule has 0 unspecified atom stereocenters. The molecule has 2 aromatic rings. The number of hydrogen-bond donors (Lipinski definition) is 2. The molecule has 124 valence electrons. The van der Waals surface area contributed by atoms with Gasteiger partial charge in [-0.1, -0.05) is 50.2 Å². The largest absolute Gasteiger partial charge is 0.512 e. The average molecular weight is 323 g/mol. The lowest BCUT2D eigenvalue weighted by atomic mass is 9.76. The number of nitrogens with one attached hydrogen (secondary N) is 1.